The number of benzene rings is 1. The second-order valence-electron chi connectivity index (χ2n) is 3.01. The molecular formula is C10H10INO3. The van der Waals surface area contributed by atoms with Gasteiger partial charge in [0.1, 0.15) is 6.04 Å². The summed E-state index contributed by atoms with van der Waals surface area (Å²) in [5.41, 5.74) is 0.886. The largest absolute Gasteiger partial charge is 0.480 e. The molecule has 0 fully saturated rings. The summed E-state index contributed by atoms with van der Waals surface area (Å²) >= 11 is 2.17. The van der Waals surface area contributed by atoms with Crippen molar-refractivity contribution in [1.82, 2.24) is 5.32 Å². The minimum atomic E-state index is -1.03. The highest BCUT2D eigenvalue weighted by molar-refractivity contribution is 14.1. The van der Waals surface area contributed by atoms with Gasteiger partial charge in [-0.25, -0.2) is 4.79 Å². The number of nitrogens with one attached hydrogen (secondary N) is 1. The topological polar surface area (TPSA) is 66.4 Å². The Morgan fingerprint density at radius 3 is 2.53 bits per heavy atom. The highest BCUT2D eigenvalue weighted by Gasteiger charge is 2.16. The average molecular weight is 319 g/mol. The third-order valence-electron chi connectivity index (χ3n) is 1.92. The summed E-state index contributed by atoms with van der Waals surface area (Å²) in [4.78, 5) is 20.9. The van der Waals surface area contributed by atoms with E-state index in [1.165, 1.54) is 0 Å². The molecule has 5 heteroatoms. The maximum absolute atomic E-state index is 10.7. The van der Waals surface area contributed by atoms with Gasteiger partial charge in [-0.1, -0.05) is 12.1 Å². The van der Waals surface area contributed by atoms with Crippen molar-refractivity contribution >= 4 is 35.0 Å². The van der Waals surface area contributed by atoms with Crippen molar-refractivity contribution in [2.75, 3.05) is 0 Å². The number of halogens is 1. The summed E-state index contributed by atoms with van der Waals surface area (Å²) in [6, 6.07) is 6.64. The summed E-state index contributed by atoms with van der Waals surface area (Å²) in [5.74, 6) is -1.03. The zero-order valence-electron chi connectivity index (χ0n) is 7.81. The predicted molar refractivity (Wildman–Crippen MR) is 63.5 cm³/mol. The van der Waals surface area contributed by atoms with Gasteiger partial charge in [-0.3, -0.25) is 4.79 Å². The monoisotopic (exact) mass is 319 g/mol. The molecule has 0 aromatic heterocycles. The Labute approximate surface area is 101 Å². The number of carbonyl (C=O) groups is 2. The first-order valence-electron chi connectivity index (χ1n) is 4.30. The molecule has 1 amide bonds. The van der Waals surface area contributed by atoms with E-state index < -0.39 is 12.0 Å². The molecule has 0 unspecified atom stereocenters. The predicted octanol–water partition coefficient (Wildman–Crippen LogP) is 1.03. The lowest BCUT2D eigenvalue weighted by Gasteiger charge is -2.10. The molecule has 1 aromatic carbocycles. The van der Waals surface area contributed by atoms with E-state index in [4.69, 9.17) is 5.11 Å². The van der Waals surface area contributed by atoms with E-state index in [0.29, 0.717) is 12.8 Å². The molecule has 0 saturated carbocycles. The smallest absolute Gasteiger partial charge is 0.326 e. The third kappa shape index (κ3) is 3.86. The first-order valence-corrected chi connectivity index (χ1v) is 5.38. The fourth-order valence-corrected chi connectivity index (χ4v) is 1.52. The molecule has 0 radical (unpaired) electrons. The Kier molecular flexibility index (Phi) is 4.54. The quantitative estimate of drug-likeness (QED) is 0.629. The number of aliphatic carboxylic acids is 1. The third-order valence-corrected chi connectivity index (χ3v) is 2.64. The lowest BCUT2D eigenvalue weighted by atomic mass is 10.1. The molecule has 2 N–H and O–H groups in total. The van der Waals surface area contributed by atoms with Gasteiger partial charge < -0.3 is 10.4 Å². The van der Waals surface area contributed by atoms with Gasteiger partial charge in [-0.2, -0.15) is 0 Å². The number of hydrogen-bond donors (Lipinski definition) is 2. The fourth-order valence-electron chi connectivity index (χ4n) is 1.16. The van der Waals surface area contributed by atoms with Crippen LogP contribution < -0.4 is 5.32 Å². The van der Waals surface area contributed by atoms with E-state index in [1.54, 1.807) is 0 Å². The minimum absolute atomic E-state index is 0.297. The zero-order valence-corrected chi connectivity index (χ0v) is 9.97. The molecule has 0 spiro atoms. The Morgan fingerprint density at radius 2 is 2.07 bits per heavy atom. The van der Waals surface area contributed by atoms with E-state index in [2.05, 4.69) is 27.9 Å². The van der Waals surface area contributed by atoms with Crippen LogP contribution in [0.3, 0.4) is 0 Å². The van der Waals surface area contributed by atoms with Crippen LogP contribution >= 0.6 is 22.6 Å². The van der Waals surface area contributed by atoms with Crippen LogP contribution in [-0.4, -0.2) is 23.5 Å². The second-order valence-corrected chi connectivity index (χ2v) is 4.25. The number of hydrogen-bond acceptors (Lipinski definition) is 2. The van der Waals surface area contributed by atoms with Gasteiger partial charge >= 0.3 is 5.97 Å². The van der Waals surface area contributed by atoms with Crippen molar-refractivity contribution in [2.24, 2.45) is 0 Å². The molecule has 1 aromatic rings. The normalized spacial score (nSPS) is 11.8. The number of carboxylic acid groups (broad SMARTS) is 1. The molecule has 0 bridgehead atoms. The number of amides is 1. The molecule has 1 rings (SSSR count). The lowest BCUT2D eigenvalue weighted by molar-refractivity contribution is -0.140. The van der Waals surface area contributed by atoms with Crippen LogP contribution in [0.2, 0.25) is 0 Å². The summed E-state index contributed by atoms with van der Waals surface area (Å²) in [6.07, 6.45) is 0.705. The SMILES string of the molecule is O=CN[C@@H](Cc1ccc(I)cc1)C(=O)O. The Balaban J connectivity index is 2.69. The van der Waals surface area contributed by atoms with E-state index in [-0.39, 0.29) is 0 Å². The van der Waals surface area contributed by atoms with E-state index in [9.17, 15) is 9.59 Å². The van der Waals surface area contributed by atoms with Crippen LogP contribution in [0.15, 0.2) is 24.3 Å². The highest BCUT2D eigenvalue weighted by atomic mass is 127. The number of carbonyl (C=O) groups excluding carboxylic acids is 1. The van der Waals surface area contributed by atoms with E-state index in [1.807, 2.05) is 24.3 Å². The maximum Gasteiger partial charge on any atom is 0.326 e. The van der Waals surface area contributed by atoms with Crippen LogP contribution in [0.4, 0.5) is 0 Å². The molecule has 80 valence electrons. The molecular weight excluding hydrogens is 309 g/mol. The average Bonchev–Trinajstić information content (AvgIpc) is 2.20. The van der Waals surface area contributed by atoms with Gasteiger partial charge in [0, 0.05) is 9.99 Å². The minimum Gasteiger partial charge on any atom is -0.480 e. The number of rotatable bonds is 5. The molecule has 0 saturated heterocycles. The second kappa shape index (κ2) is 5.69. The first kappa shape index (κ1) is 12.0. The zero-order chi connectivity index (χ0) is 11.3. The van der Waals surface area contributed by atoms with Gasteiger partial charge in [0.05, 0.1) is 0 Å². The van der Waals surface area contributed by atoms with Crippen molar-refractivity contribution in [3.8, 4) is 0 Å². The lowest BCUT2D eigenvalue weighted by Crippen LogP contribution is -2.37. The molecule has 0 aliphatic carbocycles. The number of carboxylic acids is 1. The maximum atomic E-state index is 10.7. The van der Waals surface area contributed by atoms with Crippen molar-refractivity contribution in [2.45, 2.75) is 12.5 Å². The molecule has 0 aliphatic heterocycles. The molecule has 4 nitrogen and oxygen atoms in total. The van der Waals surface area contributed by atoms with Crippen LogP contribution in [0.25, 0.3) is 0 Å². The molecule has 15 heavy (non-hydrogen) atoms. The first-order chi connectivity index (χ1) is 7.13. The summed E-state index contributed by atoms with van der Waals surface area (Å²) < 4.78 is 1.09. The van der Waals surface area contributed by atoms with Crippen LogP contribution in [0.5, 0.6) is 0 Å². The molecule has 1 atom stereocenters. The van der Waals surface area contributed by atoms with Crippen LogP contribution in [0.1, 0.15) is 5.56 Å². The van der Waals surface area contributed by atoms with E-state index >= 15 is 0 Å². The van der Waals surface area contributed by atoms with Crippen LogP contribution in [-0.2, 0) is 16.0 Å². The van der Waals surface area contributed by atoms with Gasteiger partial charge in [0.25, 0.3) is 0 Å². The Hall–Kier alpha value is -1.11. The van der Waals surface area contributed by atoms with Crippen molar-refractivity contribution < 1.29 is 14.7 Å². The van der Waals surface area contributed by atoms with Gasteiger partial charge in [-0.05, 0) is 40.3 Å². The summed E-state index contributed by atoms with van der Waals surface area (Å²) in [5, 5.41) is 11.1. The summed E-state index contributed by atoms with van der Waals surface area (Å²) in [7, 11) is 0. The fraction of sp³-hybridized carbons (Fsp3) is 0.200. The van der Waals surface area contributed by atoms with Crippen LogP contribution in [0, 0.1) is 3.57 Å². The Bertz CT molecular complexity index is 350. The summed E-state index contributed by atoms with van der Waals surface area (Å²) in [6.45, 7) is 0. The van der Waals surface area contributed by atoms with E-state index in [0.717, 1.165) is 9.13 Å². The van der Waals surface area contributed by atoms with Crippen molar-refractivity contribution in [3.63, 3.8) is 0 Å². The van der Waals surface area contributed by atoms with Gasteiger partial charge in [-0.15, -0.1) is 0 Å². The van der Waals surface area contributed by atoms with Gasteiger partial charge in [0.15, 0.2) is 0 Å². The Morgan fingerprint density at radius 1 is 1.47 bits per heavy atom. The molecule has 0 aliphatic rings. The van der Waals surface area contributed by atoms with Crippen molar-refractivity contribution in [1.29, 1.82) is 0 Å². The van der Waals surface area contributed by atoms with Gasteiger partial charge in [0.2, 0.25) is 6.41 Å². The van der Waals surface area contributed by atoms with Crippen molar-refractivity contribution in [3.05, 3.63) is 33.4 Å². The standard InChI is InChI=1S/C10H10INO3/c11-8-3-1-7(2-4-8)5-9(10(14)15)12-6-13/h1-4,6,9H,5H2,(H,12,13)(H,14,15)/t9-/m0/s1. The molecule has 0 heterocycles. The highest BCUT2D eigenvalue weighted by Crippen LogP contribution is 2.08.